The number of rotatable bonds is 2. The molecule has 0 bridgehead atoms. The number of piperidine rings is 1. The van der Waals surface area contributed by atoms with Crippen LogP contribution in [-0.2, 0) is 0 Å². The maximum Gasteiger partial charge on any atom is 0.127 e. The van der Waals surface area contributed by atoms with E-state index in [2.05, 4.69) is 44.4 Å². The zero-order chi connectivity index (χ0) is 19.1. The molecule has 1 aromatic rings. The predicted octanol–water partition coefficient (Wildman–Crippen LogP) is 5.57. The highest BCUT2D eigenvalue weighted by molar-refractivity contribution is 7.80. The quantitative estimate of drug-likeness (QED) is 0.614. The van der Waals surface area contributed by atoms with E-state index in [4.69, 9.17) is 28.8 Å². The second-order valence-electron chi connectivity index (χ2n) is 8.95. The van der Waals surface area contributed by atoms with Crippen LogP contribution in [0.15, 0.2) is 29.3 Å². The van der Waals surface area contributed by atoms with Crippen molar-refractivity contribution in [2.75, 3.05) is 18.0 Å². The third-order valence-electron chi connectivity index (χ3n) is 5.21. The first-order valence-electron chi connectivity index (χ1n) is 9.56. The molecular weight excluding hydrogens is 362 g/mol. The molecule has 0 saturated carbocycles. The van der Waals surface area contributed by atoms with Gasteiger partial charge in [0.1, 0.15) is 5.84 Å². The van der Waals surface area contributed by atoms with E-state index in [0.29, 0.717) is 5.02 Å². The highest BCUT2D eigenvalue weighted by Crippen LogP contribution is 2.43. The molecular formula is C21H30ClN3S. The summed E-state index contributed by atoms with van der Waals surface area (Å²) >= 11 is 12.6. The van der Waals surface area contributed by atoms with Crippen LogP contribution in [-0.4, -0.2) is 40.4 Å². The summed E-state index contributed by atoms with van der Waals surface area (Å²) in [5, 5.41) is 0.714. The van der Waals surface area contributed by atoms with Crippen LogP contribution in [0.3, 0.4) is 0 Å². The highest BCUT2D eigenvalue weighted by Gasteiger charge is 2.52. The smallest absolute Gasteiger partial charge is 0.127 e. The number of thiocarbonyl (C=S) groups is 1. The average Bonchev–Trinajstić information content (AvgIpc) is 2.74. The second-order valence-corrected chi connectivity index (χ2v) is 9.75. The van der Waals surface area contributed by atoms with Crippen LogP contribution in [0.25, 0.3) is 0 Å². The van der Waals surface area contributed by atoms with Crippen molar-refractivity contribution >= 4 is 40.3 Å². The van der Waals surface area contributed by atoms with E-state index < -0.39 is 0 Å². The summed E-state index contributed by atoms with van der Waals surface area (Å²) < 4.78 is 0. The molecule has 2 fully saturated rings. The van der Waals surface area contributed by atoms with Crippen LogP contribution >= 0.6 is 23.8 Å². The zero-order valence-electron chi connectivity index (χ0n) is 16.6. The van der Waals surface area contributed by atoms with Crippen molar-refractivity contribution in [2.24, 2.45) is 10.4 Å². The lowest BCUT2D eigenvalue weighted by molar-refractivity contribution is 0.154. The number of benzene rings is 1. The first-order valence-corrected chi connectivity index (χ1v) is 10.3. The van der Waals surface area contributed by atoms with Crippen LogP contribution in [0.2, 0.25) is 5.02 Å². The lowest BCUT2D eigenvalue weighted by Gasteiger charge is -2.38. The molecule has 2 saturated heterocycles. The van der Waals surface area contributed by atoms with Gasteiger partial charge in [0.25, 0.3) is 0 Å². The molecule has 0 spiro atoms. The Hall–Kier alpha value is -0.970. The normalized spacial score (nSPS) is 25.9. The Labute approximate surface area is 168 Å². The molecule has 0 aliphatic carbocycles. The summed E-state index contributed by atoms with van der Waals surface area (Å²) in [4.78, 5) is 10.8. The minimum Gasteiger partial charge on any atom is -0.293 e. The minimum absolute atomic E-state index is 0.171. The van der Waals surface area contributed by atoms with Crippen LogP contribution in [0, 0.1) is 5.41 Å². The molecule has 2 heterocycles. The van der Waals surface area contributed by atoms with Gasteiger partial charge in [0.15, 0.2) is 0 Å². The Morgan fingerprint density at radius 1 is 1.12 bits per heavy atom. The van der Waals surface area contributed by atoms with E-state index in [1.165, 1.54) is 19.3 Å². The van der Waals surface area contributed by atoms with Gasteiger partial charge in [-0.05, 0) is 58.8 Å². The molecule has 3 rings (SSSR count). The summed E-state index contributed by atoms with van der Waals surface area (Å²) in [6, 6.07) is 8.13. The minimum atomic E-state index is -0.182. The van der Waals surface area contributed by atoms with Crippen LogP contribution in [0.4, 0.5) is 5.69 Å². The van der Waals surface area contributed by atoms with Crippen molar-refractivity contribution in [1.82, 2.24) is 4.90 Å². The number of aliphatic imine (C=N–C) groups is 1. The Morgan fingerprint density at radius 2 is 1.73 bits per heavy atom. The van der Waals surface area contributed by atoms with Crippen LogP contribution < -0.4 is 4.90 Å². The molecule has 3 nitrogen and oxygen atoms in total. The summed E-state index contributed by atoms with van der Waals surface area (Å²) in [5.41, 5.74) is 0.587. The SMILES string of the molecule is CC(C)(C)N=C1[C@H](N2CCCCC2)C(C)(C)C(=S)N1c1ccccc1Cl. The topological polar surface area (TPSA) is 18.8 Å². The molecule has 1 atom stereocenters. The van der Waals surface area contributed by atoms with Gasteiger partial charge in [0.2, 0.25) is 0 Å². The number of likely N-dealkylation sites (tertiary alicyclic amines) is 1. The van der Waals surface area contributed by atoms with Crippen LogP contribution in [0.1, 0.15) is 53.9 Å². The predicted molar refractivity (Wildman–Crippen MR) is 117 cm³/mol. The summed E-state index contributed by atoms with van der Waals surface area (Å²) in [6.07, 6.45) is 3.80. The van der Waals surface area contributed by atoms with Crippen molar-refractivity contribution in [1.29, 1.82) is 0 Å². The van der Waals surface area contributed by atoms with E-state index in [0.717, 1.165) is 29.6 Å². The fraction of sp³-hybridized carbons (Fsp3) is 0.619. The first kappa shape index (κ1) is 19.8. The lowest BCUT2D eigenvalue weighted by Crippen LogP contribution is -2.50. The van der Waals surface area contributed by atoms with Gasteiger partial charge in [0, 0.05) is 5.41 Å². The van der Waals surface area contributed by atoms with Crippen molar-refractivity contribution < 1.29 is 0 Å². The molecule has 142 valence electrons. The monoisotopic (exact) mass is 391 g/mol. The molecule has 0 unspecified atom stereocenters. The number of hydrogen-bond donors (Lipinski definition) is 0. The number of para-hydroxylation sites is 1. The molecule has 0 radical (unpaired) electrons. The number of amidine groups is 1. The van der Waals surface area contributed by atoms with Crippen molar-refractivity contribution in [2.45, 2.75) is 65.5 Å². The first-order chi connectivity index (χ1) is 12.1. The standard InChI is InChI=1S/C21H30ClN3S/c1-20(2,3)23-18-17(24-13-9-6-10-14-24)21(4,5)19(26)25(18)16-12-8-7-11-15(16)22/h7-8,11-12,17H,6,9-10,13-14H2,1-5H3/t17-/m0/s1. The molecule has 0 aromatic heterocycles. The van der Waals surface area contributed by atoms with Crippen molar-refractivity contribution in [3.63, 3.8) is 0 Å². The molecule has 1 aromatic carbocycles. The lowest BCUT2D eigenvalue weighted by atomic mass is 9.85. The van der Waals surface area contributed by atoms with E-state index >= 15 is 0 Å². The van der Waals surface area contributed by atoms with Crippen molar-refractivity contribution in [3.8, 4) is 0 Å². The second kappa shape index (κ2) is 7.21. The maximum atomic E-state index is 6.56. The van der Waals surface area contributed by atoms with Crippen LogP contribution in [0.5, 0.6) is 0 Å². The number of halogens is 1. The Kier molecular flexibility index (Phi) is 5.49. The Bertz CT molecular complexity index is 714. The summed E-state index contributed by atoms with van der Waals surface area (Å²) in [6.45, 7) is 13.2. The Morgan fingerprint density at radius 3 is 2.31 bits per heavy atom. The van der Waals surface area contributed by atoms with Gasteiger partial charge in [0.05, 0.1) is 27.3 Å². The van der Waals surface area contributed by atoms with Gasteiger partial charge in [-0.25, -0.2) is 0 Å². The fourth-order valence-corrected chi connectivity index (χ4v) is 4.59. The molecule has 0 amide bonds. The molecule has 26 heavy (non-hydrogen) atoms. The molecule has 0 N–H and O–H groups in total. The summed E-state index contributed by atoms with van der Waals surface area (Å²) in [5.74, 6) is 1.04. The molecule has 5 heteroatoms. The van der Waals surface area contributed by atoms with E-state index in [1.807, 2.05) is 24.3 Å². The van der Waals surface area contributed by atoms with E-state index in [1.54, 1.807) is 0 Å². The van der Waals surface area contributed by atoms with Gasteiger partial charge in [-0.2, -0.15) is 0 Å². The van der Waals surface area contributed by atoms with Gasteiger partial charge in [-0.15, -0.1) is 0 Å². The maximum absolute atomic E-state index is 6.56. The van der Waals surface area contributed by atoms with E-state index in [9.17, 15) is 0 Å². The third-order valence-corrected chi connectivity index (χ3v) is 6.24. The number of nitrogens with zero attached hydrogens (tertiary/aromatic N) is 3. The van der Waals surface area contributed by atoms with Crippen molar-refractivity contribution in [3.05, 3.63) is 29.3 Å². The average molecular weight is 392 g/mol. The van der Waals surface area contributed by atoms with Gasteiger partial charge in [-0.3, -0.25) is 14.8 Å². The number of hydrogen-bond acceptors (Lipinski definition) is 3. The van der Waals surface area contributed by atoms with Gasteiger partial charge in [-0.1, -0.05) is 56.2 Å². The number of anilines is 1. The van der Waals surface area contributed by atoms with Gasteiger partial charge >= 0.3 is 0 Å². The molecule has 2 aliphatic heterocycles. The third kappa shape index (κ3) is 3.69. The Balaban J connectivity index is 2.15. The fourth-order valence-electron chi connectivity index (χ4n) is 4.07. The molecule has 2 aliphatic rings. The summed E-state index contributed by atoms with van der Waals surface area (Å²) in [7, 11) is 0. The van der Waals surface area contributed by atoms with Gasteiger partial charge < -0.3 is 0 Å². The highest BCUT2D eigenvalue weighted by atomic mass is 35.5. The largest absolute Gasteiger partial charge is 0.293 e. The zero-order valence-corrected chi connectivity index (χ0v) is 18.1. The van der Waals surface area contributed by atoms with E-state index in [-0.39, 0.29) is 17.0 Å².